The van der Waals surface area contributed by atoms with Gasteiger partial charge in [0.1, 0.15) is 5.75 Å². The third-order valence-corrected chi connectivity index (χ3v) is 2.79. The van der Waals surface area contributed by atoms with Crippen molar-refractivity contribution in [3.8, 4) is 5.75 Å². The van der Waals surface area contributed by atoms with Crippen LogP contribution in [0.2, 0.25) is 0 Å². The summed E-state index contributed by atoms with van der Waals surface area (Å²) in [6.45, 7) is 0. The predicted molar refractivity (Wildman–Crippen MR) is 70.7 cm³/mol. The molecule has 2 aromatic rings. The number of pyridine rings is 1. The zero-order valence-corrected chi connectivity index (χ0v) is 9.88. The molecule has 0 fully saturated rings. The molecule has 0 spiro atoms. The molecule has 0 aliphatic heterocycles. The number of nitrogens with one attached hydrogen (secondary N) is 1. The third kappa shape index (κ3) is 2.73. The van der Waals surface area contributed by atoms with Crippen LogP contribution in [0.4, 0.5) is 0 Å². The molecule has 1 atom stereocenters. The van der Waals surface area contributed by atoms with Gasteiger partial charge in [-0.3, -0.25) is 4.98 Å². The van der Waals surface area contributed by atoms with Crippen molar-refractivity contribution in [1.29, 1.82) is 5.41 Å². The smallest absolute Gasteiger partial charge is 0.120 e. The highest BCUT2D eigenvalue weighted by atomic mass is 16.3. The molecule has 4 N–H and O–H groups in total. The highest BCUT2D eigenvalue weighted by molar-refractivity contribution is 5.98. The molecule has 0 radical (unpaired) electrons. The van der Waals surface area contributed by atoms with E-state index in [0.717, 1.165) is 5.56 Å². The van der Waals surface area contributed by atoms with Crippen LogP contribution in [-0.2, 0) is 0 Å². The molecule has 0 amide bonds. The average molecular weight is 241 g/mol. The van der Waals surface area contributed by atoms with Crippen LogP contribution in [0.3, 0.4) is 0 Å². The van der Waals surface area contributed by atoms with Crippen molar-refractivity contribution in [2.75, 3.05) is 0 Å². The van der Waals surface area contributed by atoms with Crippen molar-refractivity contribution in [3.63, 3.8) is 0 Å². The largest absolute Gasteiger partial charge is 0.508 e. The summed E-state index contributed by atoms with van der Waals surface area (Å²) < 4.78 is 0. The first-order chi connectivity index (χ1) is 8.68. The Morgan fingerprint density at radius 1 is 1.22 bits per heavy atom. The second-order valence-electron chi connectivity index (χ2n) is 4.08. The van der Waals surface area contributed by atoms with Crippen molar-refractivity contribution in [1.82, 2.24) is 4.98 Å². The fraction of sp³-hybridized carbons (Fsp3) is 0.143. The average Bonchev–Trinajstić information content (AvgIpc) is 2.40. The van der Waals surface area contributed by atoms with E-state index in [0.29, 0.717) is 17.7 Å². The van der Waals surface area contributed by atoms with E-state index < -0.39 is 0 Å². The standard InChI is InChI=1S/C14H15N3O/c15-12(10-5-7-17-8-6-10)9-13(16)11-3-1-2-4-14(11)18/h1-8,13,15,18H,9,16H2. The minimum Gasteiger partial charge on any atom is -0.508 e. The van der Waals surface area contributed by atoms with Crippen LogP contribution >= 0.6 is 0 Å². The Balaban J connectivity index is 2.11. The molecule has 1 heterocycles. The Bertz CT molecular complexity index is 540. The number of phenolic OH excluding ortho intramolecular Hbond substituents is 1. The van der Waals surface area contributed by atoms with E-state index in [4.69, 9.17) is 11.1 Å². The van der Waals surface area contributed by atoms with E-state index in [1.54, 1.807) is 42.7 Å². The van der Waals surface area contributed by atoms with Gasteiger partial charge in [0.15, 0.2) is 0 Å². The quantitative estimate of drug-likeness (QED) is 0.718. The maximum atomic E-state index is 9.70. The Hall–Kier alpha value is -2.20. The summed E-state index contributed by atoms with van der Waals surface area (Å²) in [4.78, 5) is 3.91. The summed E-state index contributed by atoms with van der Waals surface area (Å²) in [6.07, 6.45) is 3.67. The monoisotopic (exact) mass is 241 g/mol. The minimum absolute atomic E-state index is 0.174. The molecule has 0 saturated heterocycles. The lowest BCUT2D eigenvalue weighted by molar-refractivity contribution is 0.462. The fourth-order valence-electron chi connectivity index (χ4n) is 1.80. The number of nitrogens with zero attached hydrogens (tertiary/aromatic N) is 1. The molecule has 0 aliphatic carbocycles. The molecule has 0 aliphatic rings. The van der Waals surface area contributed by atoms with E-state index in [9.17, 15) is 5.11 Å². The Kier molecular flexibility index (Phi) is 3.69. The number of para-hydroxylation sites is 1. The van der Waals surface area contributed by atoms with Crippen LogP contribution in [0.15, 0.2) is 48.8 Å². The van der Waals surface area contributed by atoms with Gasteiger partial charge in [0.2, 0.25) is 0 Å². The van der Waals surface area contributed by atoms with Crippen molar-refractivity contribution in [3.05, 3.63) is 59.9 Å². The van der Waals surface area contributed by atoms with Crippen LogP contribution in [0.1, 0.15) is 23.6 Å². The maximum absolute atomic E-state index is 9.70. The summed E-state index contributed by atoms with van der Waals surface area (Å²) in [7, 11) is 0. The third-order valence-electron chi connectivity index (χ3n) is 2.79. The summed E-state index contributed by atoms with van der Waals surface area (Å²) in [5.41, 5.74) is 7.92. The van der Waals surface area contributed by atoms with Crippen molar-refractivity contribution in [2.45, 2.75) is 12.5 Å². The van der Waals surface area contributed by atoms with Crippen LogP contribution in [-0.4, -0.2) is 15.8 Å². The first-order valence-corrected chi connectivity index (χ1v) is 5.70. The SMILES string of the molecule is N=C(CC(N)c1ccccc1O)c1ccncc1. The van der Waals surface area contributed by atoms with Gasteiger partial charge in [-0.2, -0.15) is 0 Å². The van der Waals surface area contributed by atoms with E-state index in [1.165, 1.54) is 0 Å². The fourth-order valence-corrected chi connectivity index (χ4v) is 1.80. The highest BCUT2D eigenvalue weighted by Gasteiger charge is 2.13. The molecule has 2 rings (SSSR count). The molecule has 0 saturated carbocycles. The van der Waals surface area contributed by atoms with E-state index in [1.807, 2.05) is 6.07 Å². The lowest BCUT2D eigenvalue weighted by Gasteiger charge is -2.14. The topological polar surface area (TPSA) is 83.0 Å². The molecule has 1 aromatic carbocycles. The molecular formula is C14H15N3O. The first kappa shape index (κ1) is 12.3. The molecule has 4 nitrogen and oxygen atoms in total. The van der Waals surface area contributed by atoms with Crippen molar-refractivity contribution in [2.24, 2.45) is 5.73 Å². The summed E-state index contributed by atoms with van der Waals surface area (Å²) in [5.74, 6) is 0.174. The summed E-state index contributed by atoms with van der Waals surface area (Å²) in [5, 5.41) is 17.7. The Morgan fingerprint density at radius 3 is 2.56 bits per heavy atom. The van der Waals surface area contributed by atoms with Crippen LogP contribution in [0, 0.1) is 5.41 Å². The molecular weight excluding hydrogens is 226 g/mol. The number of phenols is 1. The summed E-state index contributed by atoms with van der Waals surface area (Å²) in [6, 6.07) is 10.1. The van der Waals surface area contributed by atoms with Gasteiger partial charge >= 0.3 is 0 Å². The Labute approximate surface area is 106 Å². The van der Waals surface area contributed by atoms with Gasteiger partial charge in [0.05, 0.1) is 0 Å². The first-order valence-electron chi connectivity index (χ1n) is 5.70. The van der Waals surface area contributed by atoms with Crippen LogP contribution < -0.4 is 5.73 Å². The minimum atomic E-state index is -0.383. The summed E-state index contributed by atoms with van der Waals surface area (Å²) >= 11 is 0. The molecule has 92 valence electrons. The number of hydrogen-bond donors (Lipinski definition) is 3. The Morgan fingerprint density at radius 2 is 1.89 bits per heavy atom. The molecule has 1 aromatic heterocycles. The number of aromatic nitrogens is 1. The van der Waals surface area contributed by atoms with Crippen molar-refractivity contribution < 1.29 is 5.11 Å². The van der Waals surface area contributed by atoms with Gasteiger partial charge in [0, 0.05) is 36.1 Å². The number of nitrogens with two attached hydrogens (primary N) is 1. The van der Waals surface area contributed by atoms with Crippen LogP contribution in [0.5, 0.6) is 5.75 Å². The van der Waals surface area contributed by atoms with E-state index >= 15 is 0 Å². The number of rotatable bonds is 4. The molecule has 4 heteroatoms. The second kappa shape index (κ2) is 5.42. The van der Waals surface area contributed by atoms with Gasteiger partial charge in [-0.05, 0) is 23.8 Å². The zero-order valence-electron chi connectivity index (χ0n) is 9.88. The molecule has 0 bridgehead atoms. The van der Waals surface area contributed by atoms with E-state index in [-0.39, 0.29) is 11.8 Å². The van der Waals surface area contributed by atoms with Gasteiger partial charge in [-0.25, -0.2) is 0 Å². The number of hydrogen-bond acceptors (Lipinski definition) is 4. The lowest BCUT2D eigenvalue weighted by Crippen LogP contribution is -2.15. The van der Waals surface area contributed by atoms with Gasteiger partial charge < -0.3 is 16.2 Å². The van der Waals surface area contributed by atoms with Gasteiger partial charge in [-0.1, -0.05) is 18.2 Å². The van der Waals surface area contributed by atoms with Gasteiger partial charge in [-0.15, -0.1) is 0 Å². The predicted octanol–water partition coefficient (Wildman–Crippen LogP) is 2.25. The lowest BCUT2D eigenvalue weighted by atomic mass is 9.98. The second-order valence-corrected chi connectivity index (χ2v) is 4.08. The molecule has 1 unspecified atom stereocenters. The van der Waals surface area contributed by atoms with Gasteiger partial charge in [0.25, 0.3) is 0 Å². The number of benzene rings is 1. The van der Waals surface area contributed by atoms with Crippen molar-refractivity contribution >= 4 is 5.71 Å². The maximum Gasteiger partial charge on any atom is 0.120 e. The van der Waals surface area contributed by atoms with Crippen LogP contribution in [0.25, 0.3) is 0 Å². The highest BCUT2D eigenvalue weighted by Crippen LogP contribution is 2.24. The molecule has 18 heavy (non-hydrogen) atoms. The number of aromatic hydroxyl groups is 1. The normalized spacial score (nSPS) is 12.1. The van der Waals surface area contributed by atoms with E-state index in [2.05, 4.69) is 4.98 Å². The zero-order chi connectivity index (χ0) is 13.0.